The third-order valence-corrected chi connectivity index (χ3v) is 9.18. The van der Waals surface area contributed by atoms with Crippen molar-refractivity contribution in [2.75, 3.05) is 0 Å². The standard InChI is InChI=1S/C7H3Br5.C6H5Br/c1-2-3(8)5(10)7(12)6(11)4(2)9;7-6-4-2-1-3-5-6/h1H3;1-5H. The lowest BCUT2D eigenvalue weighted by Gasteiger charge is -2.09. The first kappa shape index (κ1) is 18.4. The van der Waals surface area contributed by atoms with Crippen molar-refractivity contribution in [1.82, 2.24) is 0 Å². The molecule has 0 unspecified atom stereocenters. The molecule has 0 atom stereocenters. The van der Waals surface area contributed by atoms with E-state index in [4.69, 9.17) is 0 Å². The summed E-state index contributed by atoms with van der Waals surface area (Å²) in [6, 6.07) is 9.97. The normalized spacial score (nSPS) is 9.84. The number of rotatable bonds is 0. The lowest BCUT2D eigenvalue weighted by Crippen LogP contribution is -1.84. The first-order valence-electron chi connectivity index (χ1n) is 5.04. The van der Waals surface area contributed by atoms with Crippen molar-refractivity contribution in [2.45, 2.75) is 6.92 Å². The maximum atomic E-state index is 3.49. The van der Waals surface area contributed by atoms with Crippen LogP contribution < -0.4 is 0 Å². The maximum Gasteiger partial charge on any atom is 0.0482 e. The van der Waals surface area contributed by atoms with Crippen LogP contribution in [0, 0.1) is 6.92 Å². The van der Waals surface area contributed by atoms with Crippen LogP contribution in [-0.2, 0) is 0 Å². The second-order valence-electron chi connectivity index (χ2n) is 3.49. The Morgan fingerprint density at radius 1 is 0.579 bits per heavy atom. The van der Waals surface area contributed by atoms with E-state index in [-0.39, 0.29) is 0 Å². The molecular weight excluding hydrogens is 636 g/mol. The fourth-order valence-electron chi connectivity index (χ4n) is 1.13. The summed E-state index contributed by atoms with van der Waals surface area (Å²) in [6.45, 7) is 2.04. The lowest BCUT2D eigenvalue weighted by molar-refractivity contribution is 1.33. The summed E-state index contributed by atoms with van der Waals surface area (Å²) in [4.78, 5) is 0. The van der Waals surface area contributed by atoms with Crippen molar-refractivity contribution < 1.29 is 0 Å². The van der Waals surface area contributed by atoms with E-state index < -0.39 is 0 Å². The first-order valence-corrected chi connectivity index (χ1v) is 9.80. The molecule has 0 saturated heterocycles. The first-order chi connectivity index (χ1) is 8.86. The topological polar surface area (TPSA) is 0 Å². The summed E-state index contributed by atoms with van der Waals surface area (Å²) in [5.74, 6) is 0. The van der Waals surface area contributed by atoms with Gasteiger partial charge in [-0.15, -0.1) is 0 Å². The molecule has 19 heavy (non-hydrogen) atoms. The summed E-state index contributed by atoms with van der Waals surface area (Å²) in [5, 5.41) is 0. The smallest absolute Gasteiger partial charge is 0.0482 e. The maximum absolute atomic E-state index is 3.49. The molecule has 0 fully saturated rings. The molecule has 2 aromatic carbocycles. The van der Waals surface area contributed by atoms with Crippen LogP contribution in [0.15, 0.2) is 57.2 Å². The third kappa shape index (κ3) is 5.22. The van der Waals surface area contributed by atoms with Gasteiger partial charge in [-0.1, -0.05) is 34.1 Å². The highest BCUT2D eigenvalue weighted by atomic mass is 79.9. The van der Waals surface area contributed by atoms with Crippen LogP contribution in [0.4, 0.5) is 0 Å². The lowest BCUT2D eigenvalue weighted by atomic mass is 10.2. The zero-order valence-electron chi connectivity index (χ0n) is 9.65. The van der Waals surface area contributed by atoms with E-state index in [9.17, 15) is 0 Å². The average molecular weight is 644 g/mol. The average Bonchev–Trinajstić information content (AvgIpc) is 2.42. The Kier molecular flexibility index (Phi) is 8.40. The van der Waals surface area contributed by atoms with Crippen LogP contribution in [0.3, 0.4) is 0 Å². The summed E-state index contributed by atoms with van der Waals surface area (Å²) in [6.07, 6.45) is 0. The van der Waals surface area contributed by atoms with E-state index in [1.54, 1.807) is 0 Å². The SMILES string of the molecule is Brc1ccccc1.Cc1c(Br)c(Br)c(Br)c(Br)c1Br. The predicted molar refractivity (Wildman–Crippen MR) is 104 cm³/mol. The molecular formula is C13H8Br6. The number of hydrogen-bond acceptors (Lipinski definition) is 0. The van der Waals surface area contributed by atoms with Gasteiger partial charge in [-0.25, -0.2) is 0 Å². The van der Waals surface area contributed by atoms with Crippen molar-refractivity contribution in [2.24, 2.45) is 0 Å². The van der Waals surface area contributed by atoms with Gasteiger partial charge in [-0.3, -0.25) is 0 Å². The van der Waals surface area contributed by atoms with Crippen molar-refractivity contribution in [3.05, 3.63) is 62.7 Å². The fourth-order valence-corrected chi connectivity index (χ4v) is 4.68. The van der Waals surface area contributed by atoms with Gasteiger partial charge >= 0.3 is 0 Å². The van der Waals surface area contributed by atoms with Crippen molar-refractivity contribution in [3.63, 3.8) is 0 Å². The molecule has 2 aromatic rings. The number of halogens is 6. The Bertz CT molecular complexity index is 460. The highest BCUT2D eigenvalue weighted by molar-refractivity contribution is 9.15. The van der Waals surface area contributed by atoms with E-state index in [0.717, 1.165) is 32.4 Å². The minimum absolute atomic E-state index is 1.01. The molecule has 0 spiro atoms. The minimum Gasteiger partial charge on any atom is -0.0622 e. The van der Waals surface area contributed by atoms with Gasteiger partial charge in [0.1, 0.15) is 0 Å². The van der Waals surface area contributed by atoms with Gasteiger partial charge in [0.15, 0.2) is 0 Å². The quantitative estimate of drug-likeness (QED) is 0.200. The molecule has 2 rings (SSSR count). The summed E-state index contributed by atoms with van der Waals surface area (Å²) < 4.78 is 6.31. The van der Waals surface area contributed by atoms with Gasteiger partial charge in [0.25, 0.3) is 0 Å². The second-order valence-corrected chi connectivity index (χ2v) is 8.37. The third-order valence-electron chi connectivity index (χ3n) is 2.16. The minimum atomic E-state index is 1.01. The molecule has 0 heterocycles. The van der Waals surface area contributed by atoms with Gasteiger partial charge in [0.2, 0.25) is 0 Å². The monoisotopic (exact) mass is 638 g/mol. The van der Waals surface area contributed by atoms with Crippen LogP contribution in [0.5, 0.6) is 0 Å². The van der Waals surface area contributed by atoms with Gasteiger partial charge in [-0.2, -0.15) is 0 Å². The molecule has 0 nitrogen and oxygen atoms in total. The molecule has 0 saturated carbocycles. The van der Waals surface area contributed by atoms with E-state index in [1.807, 2.05) is 37.3 Å². The number of hydrogen-bond donors (Lipinski definition) is 0. The number of benzene rings is 2. The summed E-state index contributed by atoms with van der Waals surface area (Å²) in [7, 11) is 0. The van der Waals surface area contributed by atoms with E-state index in [0.29, 0.717) is 0 Å². The Balaban J connectivity index is 0.000000218. The van der Waals surface area contributed by atoms with Crippen LogP contribution in [-0.4, -0.2) is 0 Å². The fraction of sp³-hybridized carbons (Fsp3) is 0.0769. The van der Waals surface area contributed by atoms with E-state index in [1.165, 1.54) is 0 Å². The molecule has 0 amide bonds. The molecule has 0 aliphatic heterocycles. The molecule has 0 radical (unpaired) electrons. The van der Waals surface area contributed by atoms with Crippen LogP contribution >= 0.6 is 95.6 Å². The Morgan fingerprint density at radius 3 is 1.26 bits per heavy atom. The van der Waals surface area contributed by atoms with Crippen LogP contribution in [0.1, 0.15) is 5.56 Å². The van der Waals surface area contributed by atoms with Crippen molar-refractivity contribution in [3.8, 4) is 0 Å². The predicted octanol–water partition coefficient (Wildman–Crippen LogP) is 8.26. The molecule has 0 bridgehead atoms. The largest absolute Gasteiger partial charge is 0.0622 e. The summed E-state index contributed by atoms with van der Waals surface area (Å²) in [5.41, 5.74) is 1.16. The zero-order valence-corrected chi connectivity index (χ0v) is 19.2. The molecule has 102 valence electrons. The van der Waals surface area contributed by atoms with Gasteiger partial charge in [-0.05, 0) is 104 Å². The second kappa shape index (κ2) is 8.69. The van der Waals surface area contributed by atoms with Crippen LogP contribution in [0.2, 0.25) is 0 Å². The van der Waals surface area contributed by atoms with Crippen molar-refractivity contribution in [1.29, 1.82) is 0 Å². The highest BCUT2D eigenvalue weighted by Crippen LogP contribution is 2.43. The van der Waals surface area contributed by atoms with Crippen molar-refractivity contribution >= 4 is 95.6 Å². The van der Waals surface area contributed by atoms with Gasteiger partial charge in [0, 0.05) is 26.8 Å². The molecule has 0 aliphatic rings. The molecule has 0 aromatic heterocycles. The van der Waals surface area contributed by atoms with E-state index >= 15 is 0 Å². The Hall–Kier alpha value is 1.32. The van der Waals surface area contributed by atoms with Gasteiger partial charge in [0.05, 0.1) is 0 Å². The Labute approximate surface area is 163 Å². The molecule has 0 aliphatic carbocycles. The highest BCUT2D eigenvalue weighted by Gasteiger charge is 2.13. The van der Waals surface area contributed by atoms with E-state index in [2.05, 4.69) is 95.6 Å². The zero-order chi connectivity index (χ0) is 14.6. The Morgan fingerprint density at radius 2 is 0.947 bits per heavy atom. The van der Waals surface area contributed by atoms with Gasteiger partial charge < -0.3 is 0 Å². The summed E-state index contributed by atoms with van der Waals surface area (Å²) >= 11 is 20.7. The van der Waals surface area contributed by atoms with Crippen LogP contribution in [0.25, 0.3) is 0 Å². The molecule has 6 heteroatoms. The molecule has 0 N–H and O–H groups in total.